The van der Waals surface area contributed by atoms with Crippen LogP contribution in [0.15, 0.2) is 48.0 Å². The van der Waals surface area contributed by atoms with E-state index in [9.17, 15) is 5.02 Å². The highest BCUT2D eigenvalue weighted by atomic mass is 16.5. The molecule has 1 fully saturated rings. The first-order valence-corrected chi connectivity index (χ1v) is 4.06. The molecule has 0 aromatic carbocycles. The van der Waals surface area contributed by atoms with Gasteiger partial charge in [0, 0.05) is 0 Å². The first kappa shape index (κ1) is 10.0. The predicted octanol–water partition coefficient (Wildman–Crippen LogP) is 1.65. The summed E-state index contributed by atoms with van der Waals surface area (Å²) >= 11 is 0. The Morgan fingerprint density at radius 3 is 2.62 bits per heavy atom. The summed E-state index contributed by atoms with van der Waals surface area (Å²) in [6, 6.07) is 0. The molecule has 3 heteroatoms. The Morgan fingerprint density at radius 2 is 2.23 bits per heavy atom. The SMILES string of the molecule is C=C(C)C(=C)/C=C1/B(O)OCC1=C. The average Bonchev–Trinajstić information content (AvgIpc) is 2.35. The fraction of sp³-hybridized carbons (Fsp3) is 0.200. The maximum absolute atomic E-state index is 9.37. The Labute approximate surface area is 79.1 Å². The maximum atomic E-state index is 9.37. The quantitative estimate of drug-likeness (QED) is 0.512. The molecule has 0 amide bonds. The molecule has 1 saturated heterocycles. The molecule has 2 nitrogen and oxygen atoms in total. The van der Waals surface area contributed by atoms with Gasteiger partial charge in [-0.05, 0) is 23.5 Å². The summed E-state index contributed by atoms with van der Waals surface area (Å²) in [5.41, 5.74) is 3.17. The van der Waals surface area contributed by atoms with Gasteiger partial charge in [0.1, 0.15) is 0 Å². The van der Waals surface area contributed by atoms with Gasteiger partial charge in [0.05, 0.1) is 6.61 Å². The van der Waals surface area contributed by atoms with E-state index in [4.69, 9.17) is 4.65 Å². The Morgan fingerprint density at radius 1 is 1.62 bits per heavy atom. The molecule has 0 aliphatic carbocycles. The monoisotopic (exact) mass is 176 g/mol. The minimum atomic E-state index is -0.858. The van der Waals surface area contributed by atoms with Crippen molar-refractivity contribution < 1.29 is 9.68 Å². The van der Waals surface area contributed by atoms with E-state index >= 15 is 0 Å². The van der Waals surface area contributed by atoms with E-state index in [1.165, 1.54) is 0 Å². The van der Waals surface area contributed by atoms with Gasteiger partial charge >= 0.3 is 7.12 Å². The van der Waals surface area contributed by atoms with Crippen LogP contribution in [-0.2, 0) is 4.65 Å². The van der Waals surface area contributed by atoms with Gasteiger partial charge in [-0.3, -0.25) is 0 Å². The molecule has 0 saturated carbocycles. The van der Waals surface area contributed by atoms with E-state index in [-0.39, 0.29) is 0 Å². The molecule has 0 aromatic rings. The lowest BCUT2D eigenvalue weighted by Crippen LogP contribution is -2.12. The van der Waals surface area contributed by atoms with E-state index in [1.54, 1.807) is 6.08 Å². The summed E-state index contributed by atoms with van der Waals surface area (Å²) in [5.74, 6) is 0. The van der Waals surface area contributed by atoms with E-state index in [2.05, 4.69) is 19.7 Å². The second kappa shape index (κ2) is 3.77. The second-order valence-electron chi connectivity index (χ2n) is 3.17. The molecule has 0 aromatic heterocycles. The maximum Gasteiger partial charge on any atom is 0.491 e. The summed E-state index contributed by atoms with van der Waals surface area (Å²) in [7, 11) is -0.858. The zero-order chi connectivity index (χ0) is 10.0. The molecular weight excluding hydrogens is 163 g/mol. The molecule has 0 spiro atoms. The summed E-state index contributed by atoms with van der Waals surface area (Å²) in [6.07, 6.45) is 1.77. The molecular formula is C10H13BO2. The molecule has 0 radical (unpaired) electrons. The van der Waals surface area contributed by atoms with Crippen LogP contribution in [0.4, 0.5) is 0 Å². The van der Waals surface area contributed by atoms with Crippen LogP contribution in [0, 0.1) is 0 Å². The van der Waals surface area contributed by atoms with Gasteiger partial charge in [-0.15, -0.1) is 0 Å². The van der Waals surface area contributed by atoms with Crippen molar-refractivity contribution in [1.29, 1.82) is 0 Å². The lowest BCUT2D eigenvalue weighted by molar-refractivity contribution is 0.316. The van der Waals surface area contributed by atoms with Crippen molar-refractivity contribution in [3.63, 3.8) is 0 Å². The molecule has 0 bridgehead atoms. The highest BCUT2D eigenvalue weighted by molar-refractivity contribution is 6.55. The van der Waals surface area contributed by atoms with Gasteiger partial charge in [0.25, 0.3) is 0 Å². The molecule has 1 aliphatic rings. The standard InChI is InChI=1S/C10H13BO2/c1-7(2)8(3)5-10-9(4)6-13-11(10)12/h5,12H,1,3-4,6H2,2H3/b10-5+. The topological polar surface area (TPSA) is 29.5 Å². The Bertz CT molecular complexity index is 302. The van der Waals surface area contributed by atoms with Crippen LogP contribution in [-0.4, -0.2) is 18.7 Å². The molecule has 1 heterocycles. The Balaban J connectivity index is 2.86. The van der Waals surface area contributed by atoms with Crippen LogP contribution >= 0.6 is 0 Å². The van der Waals surface area contributed by atoms with Crippen molar-refractivity contribution in [2.75, 3.05) is 6.61 Å². The average molecular weight is 176 g/mol. The van der Waals surface area contributed by atoms with Gasteiger partial charge < -0.3 is 9.68 Å². The zero-order valence-electron chi connectivity index (χ0n) is 7.84. The van der Waals surface area contributed by atoms with Crippen molar-refractivity contribution >= 4 is 7.12 Å². The van der Waals surface area contributed by atoms with Gasteiger partial charge in [-0.1, -0.05) is 31.4 Å². The molecule has 68 valence electrons. The molecule has 1 rings (SSSR count). The van der Waals surface area contributed by atoms with Gasteiger partial charge in [-0.25, -0.2) is 0 Å². The van der Waals surface area contributed by atoms with Gasteiger partial charge in [-0.2, -0.15) is 0 Å². The summed E-state index contributed by atoms with van der Waals surface area (Å²) in [6.45, 7) is 13.6. The smallest absolute Gasteiger partial charge is 0.423 e. The minimum Gasteiger partial charge on any atom is -0.423 e. The predicted molar refractivity (Wildman–Crippen MR) is 55.1 cm³/mol. The van der Waals surface area contributed by atoms with Crippen molar-refractivity contribution in [2.24, 2.45) is 0 Å². The third-order valence-corrected chi connectivity index (χ3v) is 1.97. The largest absolute Gasteiger partial charge is 0.491 e. The number of allylic oxidation sites excluding steroid dienone is 3. The number of rotatable bonds is 2. The van der Waals surface area contributed by atoms with Crippen LogP contribution in [0.1, 0.15) is 6.92 Å². The Hall–Kier alpha value is -1.06. The molecule has 1 N–H and O–H groups in total. The van der Waals surface area contributed by atoms with E-state index in [1.807, 2.05) is 6.92 Å². The van der Waals surface area contributed by atoms with Crippen molar-refractivity contribution in [2.45, 2.75) is 6.92 Å². The van der Waals surface area contributed by atoms with E-state index in [0.29, 0.717) is 12.1 Å². The van der Waals surface area contributed by atoms with Crippen LogP contribution in [0.2, 0.25) is 0 Å². The summed E-state index contributed by atoms with van der Waals surface area (Å²) in [5, 5.41) is 9.37. The molecule has 1 aliphatic heterocycles. The lowest BCUT2D eigenvalue weighted by atomic mass is 9.77. The highest BCUT2D eigenvalue weighted by Gasteiger charge is 2.28. The molecule has 0 atom stereocenters. The Kier molecular flexibility index (Phi) is 2.91. The third kappa shape index (κ3) is 2.20. The van der Waals surface area contributed by atoms with Crippen LogP contribution < -0.4 is 0 Å². The number of hydrogen-bond acceptors (Lipinski definition) is 2. The molecule has 13 heavy (non-hydrogen) atoms. The van der Waals surface area contributed by atoms with E-state index in [0.717, 1.165) is 16.7 Å². The van der Waals surface area contributed by atoms with Crippen molar-refractivity contribution in [3.8, 4) is 0 Å². The zero-order valence-corrected chi connectivity index (χ0v) is 7.84. The fourth-order valence-electron chi connectivity index (χ4n) is 1.01. The third-order valence-electron chi connectivity index (χ3n) is 1.97. The minimum absolute atomic E-state index is 0.385. The summed E-state index contributed by atoms with van der Waals surface area (Å²) < 4.78 is 4.98. The number of hydrogen-bond donors (Lipinski definition) is 1. The van der Waals surface area contributed by atoms with Gasteiger partial charge in [0.15, 0.2) is 0 Å². The van der Waals surface area contributed by atoms with E-state index < -0.39 is 7.12 Å². The van der Waals surface area contributed by atoms with Crippen LogP contribution in [0.5, 0.6) is 0 Å². The highest BCUT2D eigenvalue weighted by Crippen LogP contribution is 2.22. The molecule has 0 unspecified atom stereocenters. The van der Waals surface area contributed by atoms with Crippen molar-refractivity contribution in [1.82, 2.24) is 0 Å². The summed E-state index contributed by atoms with van der Waals surface area (Å²) in [4.78, 5) is 0. The fourth-order valence-corrected chi connectivity index (χ4v) is 1.01. The normalized spacial score (nSPS) is 19.7. The first-order chi connectivity index (χ1) is 6.02. The van der Waals surface area contributed by atoms with Crippen molar-refractivity contribution in [3.05, 3.63) is 48.0 Å². The first-order valence-electron chi connectivity index (χ1n) is 4.06. The second-order valence-corrected chi connectivity index (χ2v) is 3.17. The van der Waals surface area contributed by atoms with Gasteiger partial charge in [0.2, 0.25) is 0 Å². The van der Waals surface area contributed by atoms with Crippen LogP contribution in [0.3, 0.4) is 0 Å². The lowest BCUT2D eigenvalue weighted by Gasteiger charge is -2.01. The van der Waals surface area contributed by atoms with Crippen LogP contribution in [0.25, 0.3) is 0 Å².